The van der Waals surface area contributed by atoms with Crippen LogP contribution >= 0.6 is 0 Å². The van der Waals surface area contributed by atoms with Crippen LogP contribution in [0.25, 0.3) is 33.3 Å². The molecule has 0 aliphatic carbocycles. The highest BCUT2D eigenvalue weighted by Gasteiger charge is 2.38. The van der Waals surface area contributed by atoms with E-state index < -0.39 is 23.4 Å². The lowest BCUT2D eigenvalue weighted by Crippen LogP contribution is -2.59. The summed E-state index contributed by atoms with van der Waals surface area (Å²) in [7, 11) is 3.32. The summed E-state index contributed by atoms with van der Waals surface area (Å²) in [5, 5.41) is 5.76. The first kappa shape index (κ1) is 51.1. The number of pyridine rings is 1. The van der Waals surface area contributed by atoms with Crippen LogP contribution in [-0.2, 0) is 52.8 Å². The number of nitrogens with one attached hydrogen (secondary N) is 2. The van der Waals surface area contributed by atoms with Crippen molar-refractivity contribution in [1.82, 2.24) is 35.1 Å². The second-order valence-electron chi connectivity index (χ2n) is 18.6. The van der Waals surface area contributed by atoms with Crippen LogP contribution in [-0.4, -0.2) is 114 Å². The molecule has 4 unspecified atom stereocenters. The minimum absolute atomic E-state index is 0.189. The van der Waals surface area contributed by atoms with Crippen molar-refractivity contribution in [3.63, 3.8) is 0 Å². The second-order valence-corrected chi connectivity index (χ2v) is 18.6. The maximum absolute atomic E-state index is 14.3. The van der Waals surface area contributed by atoms with Gasteiger partial charge >= 0.3 is 0 Å². The summed E-state index contributed by atoms with van der Waals surface area (Å²) in [6.45, 7) is 20.8. The van der Waals surface area contributed by atoms with Crippen LogP contribution in [0.1, 0.15) is 90.7 Å². The molecule has 4 heterocycles. The molecule has 2 aromatic heterocycles. The third kappa shape index (κ3) is 12.1. The van der Waals surface area contributed by atoms with Gasteiger partial charge in [0.15, 0.2) is 0 Å². The van der Waals surface area contributed by atoms with Gasteiger partial charge in [0, 0.05) is 81.4 Å². The van der Waals surface area contributed by atoms with Gasteiger partial charge in [-0.15, -0.1) is 6.58 Å². The van der Waals surface area contributed by atoms with Crippen molar-refractivity contribution in [1.29, 1.82) is 0 Å². The van der Waals surface area contributed by atoms with Gasteiger partial charge in [0.25, 0.3) is 12.4 Å². The molecule has 4 aromatic rings. The second kappa shape index (κ2) is 23.5. The van der Waals surface area contributed by atoms with Gasteiger partial charge in [-0.25, -0.2) is 5.43 Å². The van der Waals surface area contributed by atoms with E-state index in [-0.39, 0.29) is 42.8 Å². The molecule has 2 fully saturated rings. The number of carbonyl (C=O) groups excluding carboxylic acids is 5. The number of allylic oxidation sites excluding steroid dienone is 1. The van der Waals surface area contributed by atoms with Crippen LogP contribution in [0.3, 0.4) is 0 Å². The van der Waals surface area contributed by atoms with Crippen LogP contribution in [0.2, 0.25) is 0 Å². The summed E-state index contributed by atoms with van der Waals surface area (Å²) in [5.41, 5.74) is 10.7. The first-order chi connectivity index (χ1) is 31.6. The normalized spacial score (nSPS) is 16.5. The van der Waals surface area contributed by atoms with Gasteiger partial charge in [-0.05, 0) is 98.9 Å². The number of ether oxygens (including phenoxy) is 2. The number of carbonyl (C=O) groups is 5. The third-order valence-corrected chi connectivity index (χ3v) is 12.6. The van der Waals surface area contributed by atoms with E-state index in [1.54, 1.807) is 36.3 Å². The number of aromatic nitrogens is 2. The maximum Gasteiger partial charge on any atom is 0.293 e. The van der Waals surface area contributed by atoms with E-state index in [2.05, 4.69) is 79.1 Å². The Morgan fingerprint density at radius 1 is 1.05 bits per heavy atom. The zero-order chi connectivity index (χ0) is 48.1. The number of likely N-dealkylation sites (N-methyl/N-ethyl adjacent to an activating group) is 1. The molecule has 4 amide bonds. The van der Waals surface area contributed by atoms with Crippen molar-refractivity contribution >= 4 is 41.5 Å². The minimum atomic E-state index is -0.908. The Balaban J connectivity index is 0.00000265. The molecular weight excluding hydrogens is 835 g/mol. The Bertz CT molecular complexity index is 2320. The third-order valence-electron chi connectivity index (χ3n) is 12.6. The van der Waals surface area contributed by atoms with E-state index in [0.717, 1.165) is 69.4 Å². The van der Waals surface area contributed by atoms with Crippen LogP contribution < -0.4 is 10.7 Å². The molecule has 6 rings (SSSR count). The van der Waals surface area contributed by atoms with Crippen LogP contribution in [0.5, 0.6) is 0 Å². The lowest BCUT2D eigenvalue weighted by atomic mass is 9.84. The maximum atomic E-state index is 14.3. The smallest absolute Gasteiger partial charge is 0.293 e. The van der Waals surface area contributed by atoms with E-state index in [1.165, 1.54) is 4.90 Å². The fourth-order valence-electron chi connectivity index (χ4n) is 9.33. The van der Waals surface area contributed by atoms with Gasteiger partial charge in [0.2, 0.25) is 18.2 Å². The van der Waals surface area contributed by atoms with Gasteiger partial charge in [-0.1, -0.05) is 64.1 Å². The number of amides is 4. The van der Waals surface area contributed by atoms with Crippen LogP contribution in [0.4, 0.5) is 0 Å². The van der Waals surface area contributed by atoms with Crippen molar-refractivity contribution in [2.45, 2.75) is 105 Å². The van der Waals surface area contributed by atoms with Gasteiger partial charge in [-0.2, -0.15) is 0 Å². The van der Waals surface area contributed by atoms with Gasteiger partial charge in [0.05, 0.1) is 30.0 Å². The Morgan fingerprint density at radius 3 is 2.42 bits per heavy atom. The van der Waals surface area contributed by atoms with Crippen LogP contribution in [0.15, 0.2) is 73.4 Å². The monoisotopic (exact) mass is 906 g/mol. The average molecular weight is 906 g/mol. The summed E-state index contributed by atoms with van der Waals surface area (Å²) in [6, 6.07) is 16.9. The molecule has 2 aliphatic heterocycles. The van der Waals surface area contributed by atoms with E-state index >= 15 is 0 Å². The molecule has 0 saturated carbocycles. The Labute approximate surface area is 391 Å². The van der Waals surface area contributed by atoms with E-state index in [1.807, 2.05) is 45.9 Å². The predicted octanol–water partition coefficient (Wildman–Crippen LogP) is 7.15. The lowest BCUT2D eigenvalue weighted by molar-refractivity contribution is -0.145. The number of benzene rings is 2. The zero-order valence-electron chi connectivity index (χ0n) is 40.5. The Morgan fingerprint density at radius 2 is 1.79 bits per heavy atom. The fourth-order valence-corrected chi connectivity index (χ4v) is 9.33. The number of hydrazine groups is 1. The molecule has 14 nitrogen and oxygen atoms in total. The quantitative estimate of drug-likeness (QED) is 0.0738. The number of methoxy groups -OCH3 is 1. The van der Waals surface area contributed by atoms with E-state index in [0.29, 0.717) is 52.0 Å². The number of aryl methyl sites for hydroxylation is 1. The summed E-state index contributed by atoms with van der Waals surface area (Å²) in [5.74, 6) is -1.45. The summed E-state index contributed by atoms with van der Waals surface area (Å²) in [6.07, 6.45) is 7.22. The molecule has 0 spiro atoms. The van der Waals surface area contributed by atoms with Crippen molar-refractivity contribution in [3.05, 3.63) is 90.3 Å². The highest BCUT2D eigenvalue weighted by molar-refractivity contribution is 5.96. The number of hydrogen-bond donors (Lipinski definition) is 2. The molecule has 2 N–H and O–H groups in total. The summed E-state index contributed by atoms with van der Waals surface area (Å²) < 4.78 is 13.4. The number of nitrogens with zero attached hydrogens (tertiary/aromatic N) is 5. The molecule has 0 radical (unpaired) electrons. The van der Waals surface area contributed by atoms with Crippen LogP contribution in [0, 0.1) is 17.3 Å². The number of likely N-dealkylation sites (tertiary alicyclic amines) is 1. The van der Waals surface area contributed by atoms with Crippen molar-refractivity contribution in [3.8, 4) is 22.4 Å². The number of hydrogen-bond acceptors (Lipinski definition) is 9. The number of fused-ring (bicyclic) bond motifs is 1. The molecular formula is C52H71N7O7. The van der Waals surface area contributed by atoms with Gasteiger partial charge in [0.1, 0.15) is 12.1 Å². The summed E-state index contributed by atoms with van der Waals surface area (Å²) in [4.78, 5) is 72.8. The lowest BCUT2D eigenvalue weighted by Gasteiger charge is -2.35. The first-order valence-corrected chi connectivity index (χ1v) is 23.3. The fraction of sp³-hybridized carbons (Fsp3) is 0.500. The molecule has 0 bridgehead atoms. The summed E-state index contributed by atoms with van der Waals surface area (Å²) >= 11 is 0. The molecule has 14 heteroatoms. The van der Waals surface area contributed by atoms with E-state index in [4.69, 9.17) is 14.5 Å². The number of rotatable bonds is 19. The SMILES string of the molecule is C=CC.CCn1c(-c2cccnc2C(C)OC)c(CC(C)(C)COC=O)c2cc(-c3cccc(CC(NC(=O)C(C(C)C)N(C)C(=O)C4CCN(C=O)C4)C(=O)N4CCCCN4)c3)ccc21. The highest BCUT2D eigenvalue weighted by Crippen LogP contribution is 2.42. The Hall–Kier alpha value is -5.86. The first-order valence-electron chi connectivity index (χ1n) is 23.3. The standard InChI is InChI=1S/C49H65N7O7.C3H6/c1-9-55-42-18-17-36(26-39(42)40(27-49(5,6)29-63-31-58)45(55)38-16-13-20-50-43(38)33(4)62-8)35-15-12-14-34(24-35)25-41(48(61)56-22-11-10-21-51-56)52-46(59)44(32(2)3)53(7)47(60)37-19-23-54(28-37)30-57;1-3-2/h12-18,20,24,26,30-33,37,41,44,51H,9-11,19,21-23,25,27-29H2,1-8H3,(H,52,59);3H,1H2,2H3. The molecule has 2 saturated heterocycles. The highest BCUT2D eigenvalue weighted by atomic mass is 16.5. The average Bonchev–Trinajstić information content (AvgIpc) is 3.92. The molecule has 66 heavy (non-hydrogen) atoms. The Kier molecular flexibility index (Phi) is 18.2. The largest absolute Gasteiger partial charge is 0.467 e. The molecule has 2 aliphatic rings. The molecule has 356 valence electrons. The van der Waals surface area contributed by atoms with Crippen molar-refractivity contribution < 1.29 is 33.4 Å². The van der Waals surface area contributed by atoms with Gasteiger partial charge < -0.3 is 29.2 Å². The topological polar surface area (TPSA) is 155 Å². The van der Waals surface area contributed by atoms with Crippen molar-refractivity contribution in [2.75, 3.05) is 46.9 Å². The van der Waals surface area contributed by atoms with E-state index in [9.17, 15) is 24.0 Å². The van der Waals surface area contributed by atoms with Gasteiger partial charge in [-0.3, -0.25) is 34.0 Å². The zero-order valence-corrected chi connectivity index (χ0v) is 40.5. The molecule has 2 aromatic carbocycles. The molecule has 4 atom stereocenters. The van der Waals surface area contributed by atoms with Crippen molar-refractivity contribution in [2.24, 2.45) is 17.3 Å². The minimum Gasteiger partial charge on any atom is -0.467 e. The predicted molar refractivity (Wildman–Crippen MR) is 259 cm³/mol.